The molecule has 0 aliphatic heterocycles. The molecule has 91 valence electrons. The van der Waals surface area contributed by atoms with Crippen molar-refractivity contribution in [1.29, 1.82) is 0 Å². The molecule has 0 aliphatic rings. The zero-order valence-electron chi connectivity index (χ0n) is 10.6. The van der Waals surface area contributed by atoms with Crippen molar-refractivity contribution >= 4 is 20.0 Å². The summed E-state index contributed by atoms with van der Waals surface area (Å²) >= 11 is 0. The first-order chi connectivity index (χ1) is 7.61. The molecular formula is C13H18BO3. The largest absolute Gasteiger partial charge is 0.377 e. The fraction of sp³-hybridized carbons (Fsp3) is 0.385. The molecule has 0 N–H and O–H groups in total. The maximum atomic E-state index is 11.0. The predicted octanol–water partition coefficient (Wildman–Crippen LogP) is 2.12. The Kier molecular flexibility index (Phi) is 11.7. The first kappa shape index (κ1) is 18.0. The van der Waals surface area contributed by atoms with Crippen LogP contribution in [0, 0.1) is 0 Å². The number of ketones is 2. The van der Waals surface area contributed by atoms with E-state index in [0.29, 0.717) is 6.42 Å². The van der Waals surface area contributed by atoms with Crippen LogP contribution in [0.5, 0.6) is 0 Å². The van der Waals surface area contributed by atoms with Crippen LogP contribution < -0.4 is 0 Å². The molecule has 0 saturated carbocycles. The molecular weight excluding hydrogens is 215 g/mol. The number of Topliss-reactive ketones (excluding diaryl/α,β-unsaturated/α-hetero) is 2. The van der Waals surface area contributed by atoms with Gasteiger partial charge in [0.25, 0.3) is 0 Å². The molecule has 1 aromatic rings. The summed E-state index contributed by atoms with van der Waals surface area (Å²) in [6.07, 6.45) is 0.587. The molecule has 0 amide bonds. The van der Waals surface area contributed by atoms with Crippen molar-refractivity contribution in [1.82, 2.24) is 0 Å². The second kappa shape index (κ2) is 11.1. The number of hydrogen-bond acceptors (Lipinski definition) is 3. The molecule has 0 heterocycles. The van der Waals surface area contributed by atoms with Gasteiger partial charge in [-0.3, -0.25) is 9.59 Å². The molecule has 17 heavy (non-hydrogen) atoms. The van der Waals surface area contributed by atoms with Gasteiger partial charge in [0.1, 0.15) is 6.61 Å². The quantitative estimate of drug-likeness (QED) is 0.590. The highest BCUT2D eigenvalue weighted by atomic mass is 16.5. The van der Waals surface area contributed by atoms with Crippen LogP contribution in [0.3, 0.4) is 0 Å². The molecule has 3 nitrogen and oxygen atoms in total. The van der Waals surface area contributed by atoms with Gasteiger partial charge in [-0.2, -0.15) is 0 Å². The molecule has 0 unspecified atom stereocenters. The Morgan fingerprint density at radius 2 is 1.71 bits per heavy atom. The van der Waals surface area contributed by atoms with E-state index in [2.05, 4.69) is 4.74 Å². The number of ether oxygens (including phenoxy) is 1. The Hall–Kier alpha value is -1.42. The van der Waals surface area contributed by atoms with Crippen LogP contribution in [-0.4, -0.2) is 33.7 Å². The van der Waals surface area contributed by atoms with E-state index in [0.717, 1.165) is 5.56 Å². The van der Waals surface area contributed by atoms with E-state index >= 15 is 0 Å². The molecule has 4 heteroatoms. The van der Waals surface area contributed by atoms with Gasteiger partial charge in [0.05, 0.1) is 0 Å². The number of methoxy groups -OCH3 is 1. The Morgan fingerprint density at radius 1 is 1.18 bits per heavy atom. The normalized spacial score (nSPS) is 8.41. The van der Waals surface area contributed by atoms with Gasteiger partial charge in [-0.15, -0.1) is 0 Å². The molecule has 0 aromatic heterocycles. The average molecular weight is 233 g/mol. The van der Waals surface area contributed by atoms with E-state index in [1.807, 2.05) is 37.3 Å². The number of benzene rings is 1. The molecule has 0 atom stereocenters. The van der Waals surface area contributed by atoms with Crippen molar-refractivity contribution in [2.75, 3.05) is 13.7 Å². The lowest BCUT2D eigenvalue weighted by Gasteiger charge is -1.93. The third-order valence-electron chi connectivity index (χ3n) is 1.76. The van der Waals surface area contributed by atoms with Gasteiger partial charge >= 0.3 is 0 Å². The highest BCUT2D eigenvalue weighted by Gasteiger charge is 1.98. The van der Waals surface area contributed by atoms with Crippen LogP contribution in [-0.2, 0) is 9.53 Å². The summed E-state index contributed by atoms with van der Waals surface area (Å²) in [7, 11) is 1.50. The summed E-state index contributed by atoms with van der Waals surface area (Å²) in [6.45, 7) is 3.60. The summed E-state index contributed by atoms with van der Waals surface area (Å²) in [5.41, 5.74) is 0.810. The lowest BCUT2D eigenvalue weighted by molar-refractivity contribution is -0.120. The van der Waals surface area contributed by atoms with Gasteiger partial charge in [0.2, 0.25) is 0 Å². The second-order valence-electron chi connectivity index (χ2n) is 3.28. The maximum absolute atomic E-state index is 11.0. The zero-order valence-corrected chi connectivity index (χ0v) is 10.6. The minimum atomic E-state index is 0. The Morgan fingerprint density at radius 3 is 2.00 bits per heavy atom. The Labute approximate surface area is 105 Å². The Bertz CT molecular complexity index is 323. The molecule has 0 saturated heterocycles. The van der Waals surface area contributed by atoms with Crippen molar-refractivity contribution in [2.24, 2.45) is 0 Å². The van der Waals surface area contributed by atoms with Crippen LogP contribution in [0.2, 0.25) is 0 Å². The second-order valence-corrected chi connectivity index (χ2v) is 3.28. The SMILES string of the molecule is CCC(=O)c1ccccc1.COCC(C)=O.[B]. The van der Waals surface area contributed by atoms with Gasteiger partial charge in [0, 0.05) is 27.5 Å². The summed E-state index contributed by atoms with van der Waals surface area (Å²) in [6, 6.07) is 9.34. The standard InChI is InChI=1S/C9H10O.C4H8O2.B/c1-2-9(10)8-6-4-3-5-7-8;1-4(5)3-6-2;/h3-7H,2H2,1H3;3H2,1-2H3;. The fourth-order valence-corrected chi connectivity index (χ4v) is 1.03. The van der Waals surface area contributed by atoms with Crippen molar-refractivity contribution in [2.45, 2.75) is 20.3 Å². The van der Waals surface area contributed by atoms with Gasteiger partial charge < -0.3 is 4.74 Å². The van der Waals surface area contributed by atoms with E-state index in [9.17, 15) is 9.59 Å². The molecule has 1 rings (SSSR count). The minimum Gasteiger partial charge on any atom is -0.377 e. The van der Waals surface area contributed by atoms with Crippen LogP contribution in [0.4, 0.5) is 0 Å². The van der Waals surface area contributed by atoms with Crippen LogP contribution in [0.15, 0.2) is 30.3 Å². The van der Waals surface area contributed by atoms with Crippen molar-refractivity contribution in [3.05, 3.63) is 35.9 Å². The van der Waals surface area contributed by atoms with Crippen molar-refractivity contribution in [3.63, 3.8) is 0 Å². The molecule has 3 radical (unpaired) electrons. The zero-order chi connectivity index (χ0) is 12.4. The van der Waals surface area contributed by atoms with Gasteiger partial charge in [0.15, 0.2) is 11.6 Å². The molecule has 0 aliphatic carbocycles. The monoisotopic (exact) mass is 233 g/mol. The summed E-state index contributed by atoms with van der Waals surface area (Å²) in [5, 5.41) is 0. The van der Waals surface area contributed by atoms with Crippen molar-refractivity contribution < 1.29 is 14.3 Å². The topological polar surface area (TPSA) is 43.4 Å². The molecule has 0 spiro atoms. The first-order valence-corrected chi connectivity index (χ1v) is 5.18. The Balaban J connectivity index is 0. The van der Waals surface area contributed by atoms with Crippen LogP contribution in [0.25, 0.3) is 0 Å². The highest BCUT2D eigenvalue weighted by Crippen LogP contribution is 2.01. The predicted molar refractivity (Wildman–Crippen MR) is 69.4 cm³/mol. The van der Waals surface area contributed by atoms with Crippen LogP contribution in [0.1, 0.15) is 30.6 Å². The minimum absolute atomic E-state index is 0. The highest BCUT2D eigenvalue weighted by molar-refractivity contribution is 5.95. The summed E-state index contributed by atoms with van der Waals surface area (Å²) in [4.78, 5) is 20.9. The number of rotatable bonds is 4. The lowest BCUT2D eigenvalue weighted by Crippen LogP contribution is -1.98. The average Bonchev–Trinajstić information content (AvgIpc) is 2.30. The van der Waals surface area contributed by atoms with Crippen LogP contribution >= 0.6 is 0 Å². The molecule has 0 bridgehead atoms. The van der Waals surface area contributed by atoms with Gasteiger partial charge in [-0.25, -0.2) is 0 Å². The molecule has 1 aromatic carbocycles. The van der Waals surface area contributed by atoms with E-state index in [1.165, 1.54) is 14.0 Å². The van der Waals surface area contributed by atoms with Gasteiger partial charge in [-0.1, -0.05) is 37.3 Å². The van der Waals surface area contributed by atoms with Crippen molar-refractivity contribution in [3.8, 4) is 0 Å². The summed E-state index contributed by atoms with van der Waals surface area (Å²) < 4.78 is 4.45. The van der Waals surface area contributed by atoms with E-state index in [1.54, 1.807) is 0 Å². The number of carbonyl (C=O) groups is 2. The number of hydrogen-bond donors (Lipinski definition) is 0. The van der Waals surface area contributed by atoms with E-state index < -0.39 is 0 Å². The third kappa shape index (κ3) is 9.51. The fourth-order valence-electron chi connectivity index (χ4n) is 1.03. The maximum Gasteiger partial charge on any atom is 0.162 e. The third-order valence-corrected chi connectivity index (χ3v) is 1.76. The number of carbonyl (C=O) groups excluding carboxylic acids is 2. The van der Waals surface area contributed by atoms with E-state index in [4.69, 9.17) is 0 Å². The first-order valence-electron chi connectivity index (χ1n) is 5.18. The lowest BCUT2D eigenvalue weighted by atomic mass is 10.1. The van der Waals surface area contributed by atoms with E-state index in [-0.39, 0.29) is 26.6 Å². The summed E-state index contributed by atoms with van der Waals surface area (Å²) in [5.74, 6) is 0.276. The smallest absolute Gasteiger partial charge is 0.162 e. The molecule has 0 fully saturated rings. The van der Waals surface area contributed by atoms with Gasteiger partial charge in [-0.05, 0) is 6.92 Å².